The number of benzene rings is 1. The van der Waals surface area contributed by atoms with Gasteiger partial charge in [-0.15, -0.1) is 0 Å². The van der Waals surface area contributed by atoms with E-state index in [4.69, 9.17) is 0 Å². The van der Waals surface area contributed by atoms with Crippen LogP contribution in [0.5, 0.6) is 0 Å². The molecule has 0 aliphatic rings. The molecule has 4 nitrogen and oxygen atoms in total. The predicted octanol–water partition coefficient (Wildman–Crippen LogP) is 4.21. The first kappa shape index (κ1) is 15.0. The molecule has 2 aromatic rings. The first-order valence-electron chi connectivity index (χ1n) is 6.65. The number of halogens is 1. The van der Waals surface area contributed by atoms with Crippen LogP contribution in [0.3, 0.4) is 0 Å². The van der Waals surface area contributed by atoms with Gasteiger partial charge in [0.15, 0.2) is 0 Å². The summed E-state index contributed by atoms with van der Waals surface area (Å²) in [7, 11) is 0. The van der Waals surface area contributed by atoms with Gasteiger partial charge >= 0.3 is 5.97 Å². The maximum atomic E-state index is 11.4. The van der Waals surface area contributed by atoms with Gasteiger partial charge in [-0.3, -0.25) is 4.68 Å². The number of rotatable bonds is 5. The lowest BCUT2D eigenvalue weighted by Gasteiger charge is -2.12. The average molecular weight is 384 g/mol. The van der Waals surface area contributed by atoms with Gasteiger partial charge in [-0.2, -0.15) is 5.10 Å². The van der Waals surface area contributed by atoms with Crippen LogP contribution in [-0.2, 0) is 0 Å². The van der Waals surface area contributed by atoms with Crippen molar-refractivity contribution < 1.29 is 9.90 Å². The van der Waals surface area contributed by atoms with Gasteiger partial charge in [0.25, 0.3) is 0 Å². The Kier molecular flexibility index (Phi) is 4.80. The van der Waals surface area contributed by atoms with Gasteiger partial charge in [0, 0.05) is 15.3 Å². The van der Waals surface area contributed by atoms with E-state index in [0.29, 0.717) is 5.69 Å². The summed E-state index contributed by atoms with van der Waals surface area (Å²) in [5.41, 5.74) is 1.64. The minimum absolute atomic E-state index is 0.241. The van der Waals surface area contributed by atoms with Crippen LogP contribution < -0.4 is 0 Å². The quantitative estimate of drug-likeness (QED) is 0.786. The largest absolute Gasteiger partial charge is 0.478 e. The third kappa shape index (κ3) is 3.03. The zero-order valence-electron chi connectivity index (χ0n) is 11.5. The summed E-state index contributed by atoms with van der Waals surface area (Å²) in [5.74, 6) is -0.934. The van der Waals surface area contributed by atoms with Crippen LogP contribution in [0.4, 0.5) is 0 Å². The predicted molar refractivity (Wildman–Crippen MR) is 87.0 cm³/mol. The van der Waals surface area contributed by atoms with Gasteiger partial charge in [0.1, 0.15) is 11.3 Å². The Morgan fingerprint density at radius 1 is 1.30 bits per heavy atom. The number of aromatic carboxylic acids is 1. The second kappa shape index (κ2) is 6.39. The smallest absolute Gasteiger partial charge is 0.339 e. The van der Waals surface area contributed by atoms with Crippen LogP contribution >= 0.6 is 22.6 Å². The van der Waals surface area contributed by atoms with Crippen LogP contribution in [0.25, 0.3) is 11.3 Å². The molecule has 0 radical (unpaired) electrons. The lowest BCUT2D eigenvalue weighted by Crippen LogP contribution is -2.07. The number of hydrogen-bond acceptors (Lipinski definition) is 2. The van der Waals surface area contributed by atoms with Crippen molar-refractivity contribution in [3.8, 4) is 11.3 Å². The summed E-state index contributed by atoms with van der Waals surface area (Å²) < 4.78 is 2.90. The molecule has 0 aliphatic heterocycles. The third-order valence-corrected chi connectivity index (χ3v) is 4.12. The van der Waals surface area contributed by atoms with Gasteiger partial charge in [-0.25, -0.2) is 4.79 Å². The van der Waals surface area contributed by atoms with E-state index in [1.807, 2.05) is 24.3 Å². The molecule has 1 heterocycles. The fourth-order valence-corrected chi connectivity index (χ4v) is 2.58. The zero-order chi connectivity index (χ0) is 14.7. The number of nitrogens with zero attached hydrogens (tertiary/aromatic N) is 2. The lowest BCUT2D eigenvalue weighted by atomic mass is 10.1. The molecule has 0 amide bonds. The number of carbonyl (C=O) groups is 1. The van der Waals surface area contributed by atoms with Crippen molar-refractivity contribution in [2.75, 3.05) is 0 Å². The Balaban J connectivity index is 2.51. The highest BCUT2D eigenvalue weighted by atomic mass is 127. The molecule has 1 N–H and O–H groups in total. The highest BCUT2D eigenvalue weighted by Crippen LogP contribution is 2.26. The molecule has 0 bridgehead atoms. The van der Waals surface area contributed by atoms with Crippen LogP contribution in [0, 0.1) is 3.57 Å². The summed E-state index contributed by atoms with van der Waals surface area (Å²) in [6, 6.07) is 7.97. The monoisotopic (exact) mass is 384 g/mol. The van der Waals surface area contributed by atoms with Crippen molar-refractivity contribution in [1.29, 1.82) is 0 Å². The van der Waals surface area contributed by atoms with Crippen molar-refractivity contribution in [3.05, 3.63) is 39.6 Å². The van der Waals surface area contributed by atoms with Gasteiger partial charge < -0.3 is 5.11 Å². The number of aromatic nitrogens is 2. The maximum Gasteiger partial charge on any atom is 0.339 e. The Morgan fingerprint density at radius 3 is 2.40 bits per heavy atom. The Morgan fingerprint density at radius 2 is 1.90 bits per heavy atom. The summed E-state index contributed by atoms with van der Waals surface area (Å²) in [6.07, 6.45) is 3.51. The fraction of sp³-hybridized carbons (Fsp3) is 0.333. The topological polar surface area (TPSA) is 55.1 Å². The molecule has 5 heteroatoms. The average Bonchev–Trinajstić information content (AvgIpc) is 2.86. The van der Waals surface area contributed by atoms with Crippen LogP contribution in [0.15, 0.2) is 30.5 Å². The second-order valence-electron chi connectivity index (χ2n) is 4.65. The molecule has 0 saturated carbocycles. The standard InChI is InChI=1S/C15H17IN2O2/c1-3-12(4-2)18-9-13(15(19)20)14(17-18)10-5-7-11(16)8-6-10/h5-9,12H,3-4H2,1-2H3,(H,19,20). The van der Waals surface area contributed by atoms with E-state index >= 15 is 0 Å². The zero-order valence-corrected chi connectivity index (χ0v) is 13.7. The highest BCUT2D eigenvalue weighted by molar-refractivity contribution is 14.1. The molecule has 1 aromatic heterocycles. The normalized spacial score (nSPS) is 11.0. The Labute approximate surface area is 132 Å². The van der Waals surface area contributed by atoms with Crippen molar-refractivity contribution in [2.24, 2.45) is 0 Å². The van der Waals surface area contributed by atoms with Crippen molar-refractivity contribution >= 4 is 28.6 Å². The molecule has 0 atom stereocenters. The molecule has 106 valence electrons. The molecule has 0 aliphatic carbocycles. The van der Waals surface area contributed by atoms with E-state index in [-0.39, 0.29) is 11.6 Å². The second-order valence-corrected chi connectivity index (χ2v) is 5.90. The van der Waals surface area contributed by atoms with E-state index in [2.05, 4.69) is 41.5 Å². The number of carboxylic acids is 1. The maximum absolute atomic E-state index is 11.4. The van der Waals surface area contributed by atoms with E-state index < -0.39 is 5.97 Å². The lowest BCUT2D eigenvalue weighted by molar-refractivity contribution is 0.0697. The molecule has 20 heavy (non-hydrogen) atoms. The fourth-order valence-electron chi connectivity index (χ4n) is 2.22. The summed E-state index contributed by atoms with van der Waals surface area (Å²) in [6.45, 7) is 4.17. The molecule has 0 spiro atoms. The molecular formula is C15H17IN2O2. The van der Waals surface area contributed by atoms with Crippen LogP contribution in [0.1, 0.15) is 43.1 Å². The number of hydrogen-bond donors (Lipinski definition) is 1. The Bertz CT molecular complexity index is 601. The molecule has 1 aromatic carbocycles. The van der Waals surface area contributed by atoms with Gasteiger partial charge in [0.05, 0.1) is 6.04 Å². The number of carboxylic acid groups (broad SMARTS) is 1. The first-order chi connectivity index (χ1) is 9.56. The van der Waals surface area contributed by atoms with Gasteiger partial charge in [0.2, 0.25) is 0 Å². The van der Waals surface area contributed by atoms with E-state index in [1.165, 1.54) is 0 Å². The SMILES string of the molecule is CCC(CC)n1cc(C(=O)O)c(-c2ccc(I)cc2)n1. The minimum atomic E-state index is -0.934. The molecule has 0 saturated heterocycles. The Hall–Kier alpha value is -1.37. The summed E-state index contributed by atoms with van der Waals surface area (Å²) >= 11 is 2.22. The van der Waals surface area contributed by atoms with Crippen LogP contribution in [0.2, 0.25) is 0 Å². The van der Waals surface area contributed by atoms with E-state index in [1.54, 1.807) is 10.9 Å². The van der Waals surface area contributed by atoms with Gasteiger partial charge in [-0.1, -0.05) is 26.0 Å². The molecule has 0 unspecified atom stereocenters. The third-order valence-electron chi connectivity index (χ3n) is 3.40. The van der Waals surface area contributed by atoms with E-state index in [0.717, 1.165) is 22.0 Å². The molecule has 2 rings (SSSR count). The van der Waals surface area contributed by atoms with Crippen molar-refractivity contribution in [3.63, 3.8) is 0 Å². The first-order valence-corrected chi connectivity index (χ1v) is 7.73. The minimum Gasteiger partial charge on any atom is -0.478 e. The summed E-state index contributed by atoms with van der Waals surface area (Å²) in [4.78, 5) is 11.4. The van der Waals surface area contributed by atoms with Gasteiger partial charge in [-0.05, 0) is 47.6 Å². The van der Waals surface area contributed by atoms with Crippen molar-refractivity contribution in [1.82, 2.24) is 9.78 Å². The molecule has 0 fully saturated rings. The molecular weight excluding hydrogens is 367 g/mol. The van der Waals surface area contributed by atoms with E-state index in [9.17, 15) is 9.90 Å². The van der Waals surface area contributed by atoms with Crippen LogP contribution in [-0.4, -0.2) is 20.9 Å². The summed E-state index contributed by atoms with van der Waals surface area (Å²) in [5, 5.41) is 13.9. The van der Waals surface area contributed by atoms with Crippen molar-refractivity contribution in [2.45, 2.75) is 32.7 Å². The highest BCUT2D eigenvalue weighted by Gasteiger charge is 2.19.